The van der Waals surface area contributed by atoms with Gasteiger partial charge in [-0.2, -0.15) is 0 Å². The van der Waals surface area contributed by atoms with Crippen LogP contribution < -0.4 is 10.6 Å². The summed E-state index contributed by atoms with van der Waals surface area (Å²) in [6.07, 6.45) is 3.55. The summed E-state index contributed by atoms with van der Waals surface area (Å²) in [6.45, 7) is 5.31. The Morgan fingerprint density at radius 2 is 2.04 bits per heavy atom. The van der Waals surface area contributed by atoms with Gasteiger partial charge in [-0.3, -0.25) is 9.69 Å². The van der Waals surface area contributed by atoms with Crippen LogP contribution in [0.25, 0.3) is 0 Å². The number of ether oxygens (including phenoxy) is 1. The second kappa shape index (κ2) is 10.9. The summed E-state index contributed by atoms with van der Waals surface area (Å²) in [6, 6.07) is 8.15. The first-order chi connectivity index (χ1) is 10.8. The first kappa shape index (κ1) is 21.2. The van der Waals surface area contributed by atoms with Crippen LogP contribution in [0.3, 0.4) is 0 Å². The summed E-state index contributed by atoms with van der Waals surface area (Å²) in [5.74, 6) is -0.0673. The molecule has 0 aliphatic carbocycles. The minimum absolute atomic E-state index is 0. The molecule has 3 rings (SSSR count). The predicted octanol–water partition coefficient (Wildman–Crippen LogP) is 2.44. The van der Waals surface area contributed by atoms with Crippen LogP contribution in [0.4, 0.5) is 5.69 Å². The van der Waals surface area contributed by atoms with Gasteiger partial charge in [-0.15, -0.1) is 24.8 Å². The van der Waals surface area contributed by atoms with Gasteiger partial charge in [0, 0.05) is 25.3 Å². The van der Waals surface area contributed by atoms with E-state index in [0.29, 0.717) is 13.2 Å². The summed E-state index contributed by atoms with van der Waals surface area (Å²) < 4.78 is 5.48. The fourth-order valence-electron chi connectivity index (χ4n) is 3.08. The normalized spacial score (nSPS) is 21.2. The lowest BCUT2D eigenvalue weighted by atomic mass is 10.1. The summed E-state index contributed by atoms with van der Waals surface area (Å²) in [4.78, 5) is 14.7. The molecule has 0 bridgehead atoms. The number of hydrogen-bond acceptors (Lipinski definition) is 4. The highest BCUT2D eigenvalue weighted by Crippen LogP contribution is 2.16. The van der Waals surface area contributed by atoms with Crippen LogP contribution in [-0.4, -0.2) is 49.7 Å². The molecule has 1 unspecified atom stereocenters. The van der Waals surface area contributed by atoms with E-state index in [4.69, 9.17) is 4.74 Å². The van der Waals surface area contributed by atoms with Gasteiger partial charge in [0.25, 0.3) is 5.91 Å². The van der Waals surface area contributed by atoms with Crippen molar-refractivity contribution in [3.05, 3.63) is 29.8 Å². The van der Waals surface area contributed by atoms with Gasteiger partial charge in [0.2, 0.25) is 0 Å². The molecule has 0 saturated carbocycles. The molecular formula is C17H27Cl2N3O2. The SMILES string of the molecule is Cl.Cl.O=C(Nc1cccc(CN2CCCCC2)c1)C1CNCCO1. The van der Waals surface area contributed by atoms with E-state index in [9.17, 15) is 4.79 Å². The standard InChI is InChI=1S/C17H25N3O2.2ClH/c21-17(16-12-18-7-10-22-16)19-15-6-4-5-14(11-15)13-20-8-2-1-3-9-20;;/h4-6,11,16,18H,1-3,7-10,12-13H2,(H,19,21);2*1H. The molecule has 1 aromatic rings. The maximum absolute atomic E-state index is 12.2. The first-order valence-corrected chi connectivity index (χ1v) is 8.26. The van der Waals surface area contributed by atoms with Crippen molar-refractivity contribution in [2.24, 2.45) is 0 Å². The van der Waals surface area contributed by atoms with Crippen molar-refractivity contribution in [1.82, 2.24) is 10.2 Å². The minimum Gasteiger partial charge on any atom is -0.366 e. The molecule has 1 aromatic carbocycles. The van der Waals surface area contributed by atoms with E-state index < -0.39 is 0 Å². The Hall–Kier alpha value is -0.850. The van der Waals surface area contributed by atoms with E-state index in [0.717, 1.165) is 18.8 Å². The number of piperidine rings is 1. The lowest BCUT2D eigenvalue weighted by Crippen LogP contribution is -2.45. The number of rotatable bonds is 4. The third-order valence-electron chi connectivity index (χ3n) is 4.27. The molecular weight excluding hydrogens is 349 g/mol. The van der Waals surface area contributed by atoms with E-state index >= 15 is 0 Å². The van der Waals surface area contributed by atoms with Crippen LogP contribution in [0, 0.1) is 0 Å². The van der Waals surface area contributed by atoms with E-state index in [1.807, 2.05) is 12.1 Å². The van der Waals surface area contributed by atoms with Gasteiger partial charge in [-0.05, 0) is 43.6 Å². The molecule has 0 radical (unpaired) electrons. The van der Waals surface area contributed by atoms with Gasteiger partial charge in [-0.25, -0.2) is 0 Å². The van der Waals surface area contributed by atoms with Gasteiger partial charge < -0.3 is 15.4 Å². The average molecular weight is 376 g/mol. The van der Waals surface area contributed by atoms with E-state index in [2.05, 4.69) is 27.7 Å². The minimum atomic E-state index is -0.389. The molecule has 2 saturated heterocycles. The lowest BCUT2D eigenvalue weighted by molar-refractivity contribution is -0.128. The van der Waals surface area contributed by atoms with Crippen molar-refractivity contribution < 1.29 is 9.53 Å². The number of halogens is 2. The Labute approximate surface area is 156 Å². The second-order valence-corrected chi connectivity index (χ2v) is 6.09. The number of benzene rings is 1. The fraction of sp³-hybridized carbons (Fsp3) is 0.588. The number of nitrogens with zero attached hydrogens (tertiary/aromatic N) is 1. The lowest BCUT2D eigenvalue weighted by Gasteiger charge is -2.26. The molecule has 5 nitrogen and oxygen atoms in total. The largest absolute Gasteiger partial charge is 0.366 e. The molecule has 2 heterocycles. The van der Waals surface area contributed by atoms with Gasteiger partial charge >= 0.3 is 0 Å². The summed E-state index contributed by atoms with van der Waals surface area (Å²) in [5.41, 5.74) is 2.11. The van der Waals surface area contributed by atoms with Crippen molar-refractivity contribution in [2.45, 2.75) is 31.9 Å². The van der Waals surface area contributed by atoms with E-state index in [-0.39, 0.29) is 36.8 Å². The van der Waals surface area contributed by atoms with Crippen molar-refractivity contribution in [3.8, 4) is 0 Å². The number of likely N-dealkylation sites (tertiary alicyclic amines) is 1. The number of carbonyl (C=O) groups excluding carboxylic acids is 1. The van der Waals surface area contributed by atoms with Crippen LogP contribution in [0.2, 0.25) is 0 Å². The molecule has 2 aliphatic rings. The van der Waals surface area contributed by atoms with Gasteiger partial charge in [0.15, 0.2) is 0 Å². The predicted molar refractivity (Wildman–Crippen MR) is 101 cm³/mol. The number of morpholine rings is 1. The maximum Gasteiger partial charge on any atom is 0.254 e. The Morgan fingerprint density at radius 1 is 1.25 bits per heavy atom. The third-order valence-corrected chi connectivity index (χ3v) is 4.27. The Bertz CT molecular complexity index is 504. The third kappa shape index (κ3) is 6.22. The number of nitrogens with one attached hydrogen (secondary N) is 2. The zero-order chi connectivity index (χ0) is 15.2. The molecule has 2 N–H and O–H groups in total. The zero-order valence-corrected chi connectivity index (χ0v) is 15.5. The van der Waals surface area contributed by atoms with Crippen LogP contribution in [0.5, 0.6) is 0 Å². The Balaban J connectivity index is 0.00000144. The molecule has 0 spiro atoms. The highest BCUT2D eigenvalue weighted by Gasteiger charge is 2.21. The van der Waals surface area contributed by atoms with Crippen LogP contribution >= 0.6 is 24.8 Å². The first-order valence-electron chi connectivity index (χ1n) is 8.26. The summed E-state index contributed by atoms with van der Waals surface area (Å²) in [5, 5.41) is 6.14. The average Bonchev–Trinajstić information content (AvgIpc) is 2.57. The Morgan fingerprint density at radius 3 is 2.75 bits per heavy atom. The Kier molecular flexibility index (Phi) is 9.63. The molecule has 2 aliphatic heterocycles. The van der Waals surface area contributed by atoms with Crippen molar-refractivity contribution in [2.75, 3.05) is 38.1 Å². The molecule has 1 atom stereocenters. The molecule has 7 heteroatoms. The van der Waals surface area contributed by atoms with E-state index in [1.54, 1.807) is 0 Å². The number of anilines is 1. The van der Waals surface area contributed by atoms with Gasteiger partial charge in [-0.1, -0.05) is 18.6 Å². The van der Waals surface area contributed by atoms with Gasteiger partial charge in [0.1, 0.15) is 6.10 Å². The molecule has 0 aromatic heterocycles. The number of carbonyl (C=O) groups is 1. The smallest absolute Gasteiger partial charge is 0.254 e. The highest BCUT2D eigenvalue weighted by molar-refractivity contribution is 5.94. The van der Waals surface area contributed by atoms with Crippen molar-refractivity contribution in [3.63, 3.8) is 0 Å². The topological polar surface area (TPSA) is 53.6 Å². The number of amides is 1. The van der Waals surface area contributed by atoms with Crippen molar-refractivity contribution >= 4 is 36.4 Å². The maximum atomic E-state index is 12.2. The zero-order valence-electron chi connectivity index (χ0n) is 13.8. The van der Waals surface area contributed by atoms with Gasteiger partial charge in [0.05, 0.1) is 6.61 Å². The molecule has 24 heavy (non-hydrogen) atoms. The highest BCUT2D eigenvalue weighted by atomic mass is 35.5. The van der Waals surface area contributed by atoms with Crippen LogP contribution in [0.15, 0.2) is 24.3 Å². The van der Waals surface area contributed by atoms with Crippen LogP contribution in [-0.2, 0) is 16.1 Å². The summed E-state index contributed by atoms with van der Waals surface area (Å²) >= 11 is 0. The number of hydrogen-bond donors (Lipinski definition) is 2. The molecule has 2 fully saturated rings. The van der Waals surface area contributed by atoms with E-state index in [1.165, 1.54) is 37.9 Å². The monoisotopic (exact) mass is 375 g/mol. The molecule has 136 valence electrons. The quantitative estimate of drug-likeness (QED) is 0.848. The molecule has 1 amide bonds. The van der Waals surface area contributed by atoms with Crippen molar-refractivity contribution in [1.29, 1.82) is 0 Å². The second-order valence-electron chi connectivity index (χ2n) is 6.09. The van der Waals surface area contributed by atoms with Crippen LogP contribution in [0.1, 0.15) is 24.8 Å². The fourth-order valence-corrected chi connectivity index (χ4v) is 3.08. The summed E-state index contributed by atoms with van der Waals surface area (Å²) in [7, 11) is 0.